The van der Waals surface area contributed by atoms with Gasteiger partial charge in [-0.15, -0.1) is 0 Å². The minimum atomic E-state index is -0.0188. The van der Waals surface area contributed by atoms with Crippen LogP contribution < -0.4 is 5.69 Å². The first-order chi connectivity index (χ1) is 12.7. The van der Waals surface area contributed by atoms with Crippen LogP contribution in [0.15, 0.2) is 77.6 Å². The number of hydrogen-bond acceptors (Lipinski definition) is 1. The second kappa shape index (κ2) is 5.33. The van der Waals surface area contributed by atoms with Crippen LogP contribution in [0.1, 0.15) is 5.56 Å². The monoisotopic (exact) mass is 338 g/mol. The first kappa shape index (κ1) is 15.0. The summed E-state index contributed by atoms with van der Waals surface area (Å²) in [7, 11) is 1.84. The highest BCUT2D eigenvalue weighted by atomic mass is 16.1. The number of aryl methyl sites for hydroxylation is 2. The van der Waals surface area contributed by atoms with Crippen molar-refractivity contribution in [2.24, 2.45) is 7.05 Å². The van der Waals surface area contributed by atoms with Gasteiger partial charge in [0.1, 0.15) is 0 Å². The lowest BCUT2D eigenvalue weighted by Crippen LogP contribution is -2.24. The lowest BCUT2D eigenvalue weighted by Gasteiger charge is -2.09. The van der Waals surface area contributed by atoms with Crippen LogP contribution in [-0.4, -0.2) is 8.97 Å². The summed E-state index contributed by atoms with van der Waals surface area (Å²) < 4.78 is 3.59. The van der Waals surface area contributed by atoms with Gasteiger partial charge in [0.25, 0.3) is 0 Å². The van der Waals surface area contributed by atoms with Crippen molar-refractivity contribution in [2.75, 3.05) is 0 Å². The van der Waals surface area contributed by atoms with Crippen molar-refractivity contribution in [3.63, 3.8) is 0 Å². The van der Waals surface area contributed by atoms with Gasteiger partial charge >= 0.3 is 5.69 Å². The van der Waals surface area contributed by atoms with E-state index in [2.05, 4.69) is 43.3 Å². The lowest BCUT2D eigenvalue weighted by molar-refractivity contribution is 0.838. The van der Waals surface area contributed by atoms with Gasteiger partial charge in [0, 0.05) is 23.4 Å². The molecular formula is C23H18N2O. The van der Waals surface area contributed by atoms with Gasteiger partial charge in [-0.05, 0) is 30.7 Å². The fourth-order valence-electron chi connectivity index (χ4n) is 3.98. The third-order valence-electron chi connectivity index (χ3n) is 5.18. The zero-order valence-corrected chi connectivity index (χ0v) is 14.7. The molecule has 2 heterocycles. The molecule has 0 amide bonds. The third kappa shape index (κ3) is 1.91. The van der Waals surface area contributed by atoms with Crippen molar-refractivity contribution in [1.82, 2.24) is 8.97 Å². The van der Waals surface area contributed by atoms with Gasteiger partial charge in [-0.1, -0.05) is 60.2 Å². The van der Waals surface area contributed by atoms with E-state index < -0.39 is 0 Å². The summed E-state index contributed by atoms with van der Waals surface area (Å²) in [6.07, 6.45) is 0. The zero-order valence-electron chi connectivity index (χ0n) is 14.7. The van der Waals surface area contributed by atoms with Crippen LogP contribution in [-0.2, 0) is 7.05 Å². The van der Waals surface area contributed by atoms with E-state index in [0.29, 0.717) is 0 Å². The molecular weight excluding hydrogens is 320 g/mol. The molecule has 0 unspecified atom stereocenters. The van der Waals surface area contributed by atoms with Crippen LogP contribution in [0.5, 0.6) is 0 Å². The quantitative estimate of drug-likeness (QED) is 0.426. The molecule has 0 saturated carbocycles. The molecule has 0 aliphatic rings. The van der Waals surface area contributed by atoms with Crippen LogP contribution in [0.3, 0.4) is 0 Å². The third-order valence-corrected chi connectivity index (χ3v) is 5.18. The Morgan fingerprint density at radius 2 is 1.50 bits per heavy atom. The van der Waals surface area contributed by atoms with Gasteiger partial charge in [0.05, 0.1) is 16.6 Å². The maximum Gasteiger partial charge on any atom is 0.333 e. The summed E-state index contributed by atoms with van der Waals surface area (Å²) >= 11 is 0. The van der Waals surface area contributed by atoms with Gasteiger partial charge in [-0.3, -0.25) is 8.97 Å². The molecule has 0 fully saturated rings. The Hall–Kier alpha value is -3.33. The molecule has 0 saturated heterocycles. The average Bonchev–Trinajstić information content (AvgIpc) is 3.01. The van der Waals surface area contributed by atoms with Crippen LogP contribution in [0.25, 0.3) is 38.4 Å². The Balaban J connectivity index is 2.18. The number of aromatic nitrogens is 2. The number of nitrogens with zero attached hydrogens (tertiary/aromatic N) is 2. The molecule has 3 aromatic carbocycles. The van der Waals surface area contributed by atoms with Crippen LogP contribution in [0, 0.1) is 6.92 Å². The average molecular weight is 338 g/mol. The highest BCUT2D eigenvalue weighted by Crippen LogP contribution is 2.38. The number of hydrogen-bond donors (Lipinski definition) is 0. The van der Waals surface area contributed by atoms with E-state index in [-0.39, 0.29) is 5.69 Å². The largest absolute Gasteiger partial charge is 0.333 e. The molecule has 3 heteroatoms. The second-order valence-electron chi connectivity index (χ2n) is 6.80. The first-order valence-corrected chi connectivity index (χ1v) is 8.75. The summed E-state index contributed by atoms with van der Waals surface area (Å²) in [6.45, 7) is 2.09. The molecule has 5 rings (SSSR count). The van der Waals surface area contributed by atoms with Gasteiger partial charge in [-0.2, -0.15) is 0 Å². The fraction of sp³-hybridized carbons (Fsp3) is 0.0870. The highest BCUT2D eigenvalue weighted by Gasteiger charge is 2.19. The van der Waals surface area contributed by atoms with Crippen molar-refractivity contribution < 1.29 is 0 Å². The van der Waals surface area contributed by atoms with Crippen molar-refractivity contribution in [3.05, 3.63) is 88.8 Å². The molecule has 0 aliphatic heterocycles. The SMILES string of the molecule is Cc1ccc2c(c1)c(-c1ccccc1)c1c3ccccc3n(C)c(=O)n21. The molecule has 0 N–H and O–H groups in total. The van der Waals surface area contributed by atoms with E-state index in [4.69, 9.17) is 0 Å². The predicted molar refractivity (Wildman–Crippen MR) is 108 cm³/mol. The molecule has 0 spiro atoms. The zero-order chi connectivity index (χ0) is 17.8. The van der Waals surface area contributed by atoms with E-state index in [1.807, 2.05) is 47.8 Å². The number of rotatable bonds is 1. The Bertz CT molecular complexity index is 1360. The Morgan fingerprint density at radius 1 is 0.769 bits per heavy atom. The Kier molecular flexibility index (Phi) is 3.07. The fourth-order valence-corrected chi connectivity index (χ4v) is 3.98. The predicted octanol–water partition coefficient (Wildman–Crippen LogP) is 4.92. The summed E-state index contributed by atoms with van der Waals surface area (Å²) in [5, 5.41) is 2.20. The van der Waals surface area contributed by atoms with Crippen molar-refractivity contribution >= 4 is 27.3 Å². The first-order valence-electron chi connectivity index (χ1n) is 8.75. The van der Waals surface area contributed by atoms with E-state index in [1.54, 1.807) is 4.57 Å². The van der Waals surface area contributed by atoms with Crippen molar-refractivity contribution in [3.8, 4) is 11.1 Å². The topological polar surface area (TPSA) is 26.4 Å². The number of para-hydroxylation sites is 1. The molecule has 5 aromatic rings. The maximum atomic E-state index is 13.2. The minimum Gasteiger partial charge on any atom is -0.296 e. The smallest absolute Gasteiger partial charge is 0.296 e. The summed E-state index contributed by atoms with van der Waals surface area (Å²) in [5.41, 5.74) is 6.30. The van der Waals surface area contributed by atoms with Gasteiger partial charge in [0.15, 0.2) is 0 Å². The van der Waals surface area contributed by atoms with Crippen LogP contribution in [0.4, 0.5) is 0 Å². The molecule has 0 radical (unpaired) electrons. The van der Waals surface area contributed by atoms with E-state index in [1.165, 1.54) is 5.56 Å². The molecule has 0 bridgehead atoms. The van der Waals surface area contributed by atoms with Crippen LogP contribution in [0.2, 0.25) is 0 Å². The van der Waals surface area contributed by atoms with Gasteiger partial charge < -0.3 is 0 Å². The summed E-state index contributed by atoms with van der Waals surface area (Å²) in [6, 6.07) is 24.8. The van der Waals surface area contributed by atoms with Crippen LogP contribution >= 0.6 is 0 Å². The molecule has 3 nitrogen and oxygen atoms in total. The highest BCUT2D eigenvalue weighted by molar-refractivity contribution is 6.13. The molecule has 2 aromatic heterocycles. The van der Waals surface area contributed by atoms with E-state index in [9.17, 15) is 4.79 Å². The minimum absolute atomic E-state index is 0.0188. The lowest BCUT2D eigenvalue weighted by atomic mass is 10.0. The summed E-state index contributed by atoms with van der Waals surface area (Å²) in [5.74, 6) is 0. The van der Waals surface area contributed by atoms with Gasteiger partial charge in [0.2, 0.25) is 0 Å². The van der Waals surface area contributed by atoms with Crippen molar-refractivity contribution in [2.45, 2.75) is 6.92 Å². The summed E-state index contributed by atoms with van der Waals surface area (Å²) in [4.78, 5) is 13.2. The molecule has 26 heavy (non-hydrogen) atoms. The van der Waals surface area contributed by atoms with Gasteiger partial charge in [-0.25, -0.2) is 4.79 Å². The standard InChI is InChI=1S/C23H18N2O/c1-15-12-13-20-18(14-15)21(16-8-4-3-5-9-16)22-17-10-6-7-11-19(17)24(2)23(26)25(20)22/h3-14H,1-2H3. The molecule has 0 aliphatic carbocycles. The van der Waals surface area contributed by atoms with E-state index in [0.717, 1.165) is 38.4 Å². The van der Waals surface area contributed by atoms with E-state index >= 15 is 0 Å². The Labute approximate surface area is 150 Å². The Morgan fingerprint density at radius 3 is 2.31 bits per heavy atom. The maximum absolute atomic E-state index is 13.2. The number of fused-ring (bicyclic) bond motifs is 5. The molecule has 126 valence electrons. The second-order valence-corrected chi connectivity index (χ2v) is 6.80. The van der Waals surface area contributed by atoms with Crippen molar-refractivity contribution in [1.29, 1.82) is 0 Å². The normalized spacial score (nSPS) is 11.6. The number of benzene rings is 3. The molecule has 0 atom stereocenters.